The van der Waals surface area contributed by atoms with E-state index in [0.717, 1.165) is 21.1 Å². The van der Waals surface area contributed by atoms with Crippen LogP contribution < -0.4 is 5.73 Å². The zero-order chi connectivity index (χ0) is 13.4. The van der Waals surface area contributed by atoms with Crippen molar-refractivity contribution in [2.75, 3.05) is 5.73 Å². The summed E-state index contributed by atoms with van der Waals surface area (Å²) in [6, 6.07) is 7.37. The second kappa shape index (κ2) is 4.47. The van der Waals surface area contributed by atoms with Crippen molar-refractivity contribution in [1.82, 2.24) is 15.2 Å². The number of anilines is 1. The third-order valence-corrected chi connectivity index (χ3v) is 3.72. The first-order valence-corrected chi connectivity index (χ1v) is 6.59. The molecule has 0 radical (unpaired) electrons. The SMILES string of the molecule is Cc1nc(C)c(-c2nnc(-c3cccc(N)c3)o2)s1. The zero-order valence-electron chi connectivity index (χ0n) is 10.5. The molecule has 2 aromatic heterocycles. The highest BCUT2D eigenvalue weighted by Gasteiger charge is 2.15. The Bertz CT molecular complexity index is 732. The van der Waals surface area contributed by atoms with E-state index in [9.17, 15) is 0 Å². The first-order valence-electron chi connectivity index (χ1n) is 5.77. The normalized spacial score (nSPS) is 10.8. The number of benzene rings is 1. The number of thiazole rings is 1. The maximum Gasteiger partial charge on any atom is 0.260 e. The molecule has 0 unspecified atom stereocenters. The van der Waals surface area contributed by atoms with Gasteiger partial charge in [0, 0.05) is 11.3 Å². The van der Waals surface area contributed by atoms with Gasteiger partial charge >= 0.3 is 0 Å². The Hall–Kier alpha value is -2.21. The van der Waals surface area contributed by atoms with Gasteiger partial charge in [-0.3, -0.25) is 0 Å². The molecule has 0 atom stereocenters. The van der Waals surface area contributed by atoms with Crippen LogP contribution in [0.5, 0.6) is 0 Å². The maximum absolute atomic E-state index is 5.74. The first-order chi connectivity index (χ1) is 9.13. The number of aromatic nitrogens is 3. The second-order valence-electron chi connectivity index (χ2n) is 4.19. The van der Waals surface area contributed by atoms with E-state index < -0.39 is 0 Å². The minimum Gasteiger partial charge on any atom is -0.415 e. The lowest BCUT2D eigenvalue weighted by Crippen LogP contribution is -1.84. The quantitative estimate of drug-likeness (QED) is 0.725. The average Bonchev–Trinajstić information content (AvgIpc) is 2.96. The molecule has 3 aromatic rings. The van der Waals surface area contributed by atoms with Crippen LogP contribution in [0.3, 0.4) is 0 Å². The van der Waals surface area contributed by atoms with Crippen LogP contribution in [0.25, 0.3) is 22.2 Å². The van der Waals surface area contributed by atoms with Crippen molar-refractivity contribution in [3.63, 3.8) is 0 Å². The molecule has 0 aliphatic carbocycles. The second-order valence-corrected chi connectivity index (χ2v) is 5.39. The van der Waals surface area contributed by atoms with Crippen LogP contribution in [-0.4, -0.2) is 15.2 Å². The Morgan fingerprint density at radius 1 is 1.16 bits per heavy atom. The Kier molecular flexibility index (Phi) is 2.79. The molecule has 3 rings (SSSR count). The van der Waals surface area contributed by atoms with Crippen molar-refractivity contribution in [2.45, 2.75) is 13.8 Å². The standard InChI is InChI=1S/C13H12N4OS/c1-7-11(19-8(2)15-7)13-17-16-12(18-13)9-4-3-5-10(14)6-9/h3-6H,14H2,1-2H3. The van der Waals surface area contributed by atoms with E-state index >= 15 is 0 Å². The van der Waals surface area contributed by atoms with E-state index in [2.05, 4.69) is 15.2 Å². The fourth-order valence-corrected chi connectivity index (χ4v) is 2.67. The summed E-state index contributed by atoms with van der Waals surface area (Å²) in [5.74, 6) is 0.966. The van der Waals surface area contributed by atoms with Gasteiger partial charge < -0.3 is 10.2 Å². The summed E-state index contributed by atoms with van der Waals surface area (Å²) in [4.78, 5) is 5.27. The predicted octanol–water partition coefficient (Wildman–Crippen LogP) is 3.06. The van der Waals surface area contributed by atoms with Crippen molar-refractivity contribution in [2.24, 2.45) is 0 Å². The van der Waals surface area contributed by atoms with E-state index in [1.165, 1.54) is 0 Å². The molecule has 1 aromatic carbocycles. The minimum atomic E-state index is 0.466. The molecule has 0 aliphatic heterocycles. The summed E-state index contributed by atoms with van der Waals surface area (Å²) in [6.45, 7) is 3.89. The molecule has 0 fully saturated rings. The van der Waals surface area contributed by atoms with Gasteiger partial charge in [-0.2, -0.15) is 0 Å². The van der Waals surface area contributed by atoms with Gasteiger partial charge in [-0.25, -0.2) is 4.98 Å². The number of nitrogens with zero attached hydrogens (tertiary/aromatic N) is 3. The fraction of sp³-hybridized carbons (Fsp3) is 0.154. The van der Waals surface area contributed by atoms with Crippen molar-refractivity contribution < 1.29 is 4.42 Å². The molecule has 96 valence electrons. The topological polar surface area (TPSA) is 77.8 Å². The lowest BCUT2D eigenvalue weighted by Gasteiger charge is -1.95. The van der Waals surface area contributed by atoms with E-state index in [0.29, 0.717) is 17.5 Å². The van der Waals surface area contributed by atoms with Crippen molar-refractivity contribution >= 4 is 17.0 Å². The summed E-state index contributed by atoms with van der Waals surface area (Å²) in [6.07, 6.45) is 0. The van der Waals surface area contributed by atoms with E-state index in [1.54, 1.807) is 11.3 Å². The number of hydrogen-bond donors (Lipinski definition) is 1. The highest BCUT2D eigenvalue weighted by molar-refractivity contribution is 7.15. The molecule has 5 nitrogen and oxygen atoms in total. The van der Waals surface area contributed by atoms with Gasteiger partial charge in [0.25, 0.3) is 5.89 Å². The summed E-state index contributed by atoms with van der Waals surface area (Å²) < 4.78 is 5.70. The largest absolute Gasteiger partial charge is 0.415 e. The predicted molar refractivity (Wildman–Crippen MR) is 74.7 cm³/mol. The van der Waals surface area contributed by atoms with Crippen LogP contribution >= 0.6 is 11.3 Å². The summed E-state index contributed by atoms with van der Waals surface area (Å²) in [5, 5.41) is 9.12. The fourth-order valence-electron chi connectivity index (χ4n) is 1.83. The Morgan fingerprint density at radius 2 is 1.95 bits per heavy atom. The van der Waals surface area contributed by atoms with Crippen molar-refractivity contribution in [1.29, 1.82) is 0 Å². The van der Waals surface area contributed by atoms with Crippen LogP contribution in [-0.2, 0) is 0 Å². The van der Waals surface area contributed by atoms with Crippen molar-refractivity contribution in [3.05, 3.63) is 35.0 Å². The molecule has 0 saturated heterocycles. The molecule has 0 bridgehead atoms. The van der Waals surface area contributed by atoms with Gasteiger partial charge in [-0.05, 0) is 32.0 Å². The Balaban J connectivity index is 2.02. The molecular weight excluding hydrogens is 260 g/mol. The van der Waals surface area contributed by atoms with Crippen LogP contribution in [0.2, 0.25) is 0 Å². The van der Waals surface area contributed by atoms with Gasteiger partial charge in [0.2, 0.25) is 5.89 Å². The smallest absolute Gasteiger partial charge is 0.260 e. The molecule has 0 spiro atoms. The third-order valence-electron chi connectivity index (χ3n) is 2.66. The summed E-state index contributed by atoms with van der Waals surface area (Å²) >= 11 is 1.55. The van der Waals surface area contributed by atoms with Crippen molar-refractivity contribution in [3.8, 4) is 22.2 Å². The molecule has 0 saturated carbocycles. The van der Waals surface area contributed by atoms with Crippen LogP contribution in [0, 0.1) is 13.8 Å². The molecule has 0 aliphatic rings. The van der Waals surface area contributed by atoms with Gasteiger partial charge in [-0.1, -0.05) is 6.07 Å². The number of nitrogen functional groups attached to an aromatic ring is 1. The first kappa shape index (κ1) is 11.9. The summed E-state index contributed by atoms with van der Waals surface area (Å²) in [7, 11) is 0. The van der Waals surface area contributed by atoms with Gasteiger partial charge in [0.15, 0.2) is 0 Å². The molecule has 6 heteroatoms. The Labute approximate surface area is 114 Å². The third kappa shape index (κ3) is 2.22. The lowest BCUT2D eigenvalue weighted by atomic mass is 10.2. The molecular formula is C13H12N4OS. The van der Waals surface area contributed by atoms with E-state index in [4.69, 9.17) is 10.2 Å². The zero-order valence-corrected chi connectivity index (χ0v) is 11.4. The molecule has 0 amide bonds. The molecule has 2 N–H and O–H groups in total. The van der Waals surface area contributed by atoms with Gasteiger partial charge in [-0.15, -0.1) is 21.5 Å². The lowest BCUT2D eigenvalue weighted by molar-refractivity contribution is 0.585. The highest BCUT2D eigenvalue weighted by Crippen LogP contribution is 2.30. The molecule has 2 heterocycles. The Morgan fingerprint density at radius 3 is 2.63 bits per heavy atom. The highest BCUT2D eigenvalue weighted by atomic mass is 32.1. The van der Waals surface area contributed by atoms with E-state index in [1.807, 2.05) is 38.1 Å². The van der Waals surface area contributed by atoms with E-state index in [-0.39, 0.29) is 0 Å². The monoisotopic (exact) mass is 272 g/mol. The van der Waals surface area contributed by atoms with Gasteiger partial charge in [0.1, 0.15) is 4.88 Å². The number of hydrogen-bond acceptors (Lipinski definition) is 6. The number of aryl methyl sites for hydroxylation is 2. The van der Waals surface area contributed by atoms with Crippen LogP contribution in [0.1, 0.15) is 10.7 Å². The van der Waals surface area contributed by atoms with Crippen LogP contribution in [0.15, 0.2) is 28.7 Å². The van der Waals surface area contributed by atoms with Gasteiger partial charge in [0.05, 0.1) is 10.7 Å². The number of rotatable bonds is 2. The van der Waals surface area contributed by atoms with Crippen LogP contribution in [0.4, 0.5) is 5.69 Å². The number of nitrogens with two attached hydrogens (primary N) is 1. The molecule has 19 heavy (non-hydrogen) atoms. The minimum absolute atomic E-state index is 0.466. The average molecular weight is 272 g/mol. The maximum atomic E-state index is 5.74. The summed E-state index contributed by atoms with van der Waals surface area (Å²) in [5.41, 5.74) is 8.14.